The highest BCUT2D eigenvalue weighted by Crippen LogP contribution is 2.37. The molecule has 2 aliphatic carbocycles. The van der Waals surface area contributed by atoms with Crippen LogP contribution in [0.25, 0.3) is 0 Å². The molecular formula is C16H28N2S. The Kier molecular flexibility index (Phi) is 4.40. The van der Waals surface area contributed by atoms with Gasteiger partial charge in [0.2, 0.25) is 0 Å². The Balaban J connectivity index is 1.64. The van der Waals surface area contributed by atoms with Crippen molar-refractivity contribution in [2.24, 2.45) is 10.9 Å². The van der Waals surface area contributed by atoms with Gasteiger partial charge in [-0.15, -0.1) is 0 Å². The van der Waals surface area contributed by atoms with Crippen molar-refractivity contribution < 1.29 is 0 Å². The highest BCUT2D eigenvalue weighted by Gasteiger charge is 2.38. The molecule has 2 nitrogen and oxygen atoms in total. The van der Waals surface area contributed by atoms with E-state index in [4.69, 9.17) is 4.99 Å². The third-order valence-electron chi connectivity index (χ3n) is 5.27. The van der Waals surface area contributed by atoms with Crippen molar-refractivity contribution in [3.05, 3.63) is 0 Å². The number of thioether (sulfide) groups is 1. The van der Waals surface area contributed by atoms with Gasteiger partial charge in [0.15, 0.2) is 5.17 Å². The van der Waals surface area contributed by atoms with Crippen LogP contribution in [0.2, 0.25) is 0 Å². The number of rotatable bonds is 1. The summed E-state index contributed by atoms with van der Waals surface area (Å²) in [6.07, 6.45) is 13.8. The summed E-state index contributed by atoms with van der Waals surface area (Å²) < 4.78 is 0. The monoisotopic (exact) mass is 280 g/mol. The average Bonchev–Trinajstić information content (AvgIpc) is 2.68. The first kappa shape index (κ1) is 13.8. The number of nitrogens with one attached hydrogen (secondary N) is 1. The van der Waals surface area contributed by atoms with E-state index in [1.807, 2.05) is 11.8 Å². The van der Waals surface area contributed by atoms with Crippen molar-refractivity contribution in [1.82, 2.24) is 5.32 Å². The molecule has 0 radical (unpaired) electrons. The Labute approximate surface area is 122 Å². The molecule has 3 heteroatoms. The third kappa shape index (κ3) is 3.29. The van der Waals surface area contributed by atoms with E-state index in [2.05, 4.69) is 12.2 Å². The van der Waals surface area contributed by atoms with E-state index in [1.165, 1.54) is 75.1 Å². The molecule has 0 aromatic rings. The van der Waals surface area contributed by atoms with Crippen LogP contribution in [0.1, 0.15) is 71.1 Å². The molecule has 2 saturated carbocycles. The molecule has 1 aliphatic heterocycles. The van der Waals surface area contributed by atoms with E-state index in [-0.39, 0.29) is 0 Å². The Bertz CT molecular complexity index is 334. The molecule has 19 heavy (non-hydrogen) atoms. The first-order valence-corrected chi connectivity index (χ1v) is 9.25. The molecule has 1 N–H and O–H groups in total. The fourth-order valence-electron chi connectivity index (χ4n) is 3.89. The van der Waals surface area contributed by atoms with Gasteiger partial charge in [-0.1, -0.05) is 57.2 Å². The number of amidine groups is 1. The summed E-state index contributed by atoms with van der Waals surface area (Å²) in [5.41, 5.74) is 0.412. The average molecular weight is 280 g/mol. The molecule has 2 unspecified atom stereocenters. The van der Waals surface area contributed by atoms with Crippen LogP contribution in [0.3, 0.4) is 0 Å². The van der Waals surface area contributed by atoms with Gasteiger partial charge < -0.3 is 5.32 Å². The van der Waals surface area contributed by atoms with Gasteiger partial charge in [-0.05, 0) is 31.6 Å². The summed E-state index contributed by atoms with van der Waals surface area (Å²) in [6.45, 7) is 2.40. The summed E-state index contributed by atoms with van der Waals surface area (Å²) in [7, 11) is 0. The van der Waals surface area contributed by atoms with Crippen LogP contribution in [0, 0.1) is 5.92 Å². The molecule has 1 spiro atoms. The summed E-state index contributed by atoms with van der Waals surface area (Å²) >= 11 is 1.99. The minimum Gasteiger partial charge on any atom is -0.359 e. The molecule has 0 amide bonds. The Morgan fingerprint density at radius 3 is 2.63 bits per heavy atom. The summed E-state index contributed by atoms with van der Waals surface area (Å²) in [5, 5.41) is 5.07. The van der Waals surface area contributed by atoms with Crippen LogP contribution < -0.4 is 5.32 Å². The molecule has 2 atom stereocenters. The summed E-state index contributed by atoms with van der Waals surface area (Å²) in [5.74, 6) is 2.03. The second-order valence-electron chi connectivity index (χ2n) is 6.87. The van der Waals surface area contributed by atoms with E-state index >= 15 is 0 Å². The van der Waals surface area contributed by atoms with Gasteiger partial charge in [0.1, 0.15) is 0 Å². The Morgan fingerprint density at radius 1 is 1.05 bits per heavy atom. The lowest BCUT2D eigenvalue weighted by molar-refractivity contribution is 0.303. The Morgan fingerprint density at radius 2 is 1.79 bits per heavy atom. The summed E-state index contributed by atoms with van der Waals surface area (Å²) in [4.78, 5) is 5.09. The lowest BCUT2D eigenvalue weighted by Gasteiger charge is -2.32. The third-order valence-corrected chi connectivity index (χ3v) is 6.45. The van der Waals surface area contributed by atoms with Crippen LogP contribution in [-0.2, 0) is 0 Å². The second-order valence-corrected chi connectivity index (χ2v) is 7.84. The van der Waals surface area contributed by atoms with Crippen LogP contribution >= 0.6 is 11.8 Å². The maximum absolute atomic E-state index is 5.09. The van der Waals surface area contributed by atoms with Crippen LogP contribution in [0.5, 0.6) is 0 Å². The molecule has 1 saturated heterocycles. The number of hydrogen-bond donors (Lipinski definition) is 1. The predicted octanol–water partition coefficient (Wildman–Crippen LogP) is 4.35. The van der Waals surface area contributed by atoms with E-state index in [9.17, 15) is 0 Å². The van der Waals surface area contributed by atoms with Gasteiger partial charge in [-0.3, -0.25) is 4.99 Å². The number of nitrogens with zero attached hydrogens (tertiary/aromatic N) is 1. The summed E-state index contributed by atoms with van der Waals surface area (Å²) in [6, 6.07) is 0.580. The lowest BCUT2D eigenvalue weighted by Crippen LogP contribution is -2.45. The predicted molar refractivity (Wildman–Crippen MR) is 84.9 cm³/mol. The molecule has 3 fully saturated rings. The van der Waals surface area contributed by atoms with E-state index in [0.717, 1.165) is 5.92 Å². The van der Waals surface area contributed by atoms with E-state index in [1.54, 1.807) is 0 Å². The highest BCUT2D eigenvalue weighted by molar-refractivity contribution is 8.14. The van der Waals surface area contributed by atoms with Crippen LogP contribution in [-0.4, -0.2) is 22.5 Å². The molecule has 0 bridgehead atoms. The number of hydrogen-bond acceptors (Lipinski definition) is 2. The Hall–Kier alpha value is -0.180. The molecule has 1 heterocycles. The molecule has 108 valence electrons. The zero-order chi connectivity index (χ0) is 13.1. The maximum Gasteiger partial charge on any atom is 0.157 e. The van der Waals surface area contributed by atoms with E-state index < -0.39 is 0 Å². The van der Waals surface area contributed by atoms with Crippen molar-refractivity contribution in [2.75, 3.05) is 5.75 Å². The lowest BCUT2D eigenvalue weighted by atomic mass is 9.83. The fraction of sp³-hybridized carbons (Fsp3) is 0.938. The number of aliphatic imine (C=N–C) groups is 1. The first-order chi connectivity index (χ1) is 9.27. The van der Waals surface area contributed by atoms with Gasteiger partial charge in [-0.25, -0.2) is 0 Å². The molecule has 3 rings (SSSR count). The standard InChI is InChI=1S/C16H28N2S/c1-13-8-4-2-5-9-14(13)17-15-18-16(12-19-15)10-6-3-7-11-16/h13-14H,2-12H2,1H3,(H,17,18). The largest absolute Gasteiger partial charge is 0.359 e. The second kappa shape index (κ2) is 6.07. The smallest absolute Gasteiger partial charge is 0.157 e. The topological polar surface area (TPSA) is 24.4 Å². The molecular weight excluding hydrogens is 252 g/mol. The minimum absolute atomic E-state index is 0.412. The maximum atomic E-state index is 5.09. The SMILES string of the molecule is CC1CCCCCC1N=C1NC2(CCCCC2)CS1. The van der Waals surface area contributed by atoms with Gasteiger partial charge in [-0.2, -0.15) is 0 Å². The van der Waals surface area contributed by atoms with Crippen molar-refractivity contribution in [3.8, 4) is 0 Å². The van der Waals surface area contributed by atoms with Gasteiger partial charge >= 0.3 is 0 Å². The van der Waals surface area contributed by atoms with Crippen molar-refractivity contribution >= 4 is 16.9 Å². The fourth-order valence-corrected chi connectivity index (χ4v) is 5.16. The van der Waals surface area contributed by atoms with Crippen LogP contribution in [0.4, 0.5) is 0 Å². The quantitative estimate of drug-likeness (QED) is 0.722. The zero-order valence-electron chi connectivity index (χ0n) is 12.3. The van der Waals surface area contributed by atoms with Gasteiger partial charge in [0.05, 0.1) is 6.04 Å². The normalized spacial score (nSPS) is 37.2. The van der Waals surface area contributed by atoms with Crippen LogP contribution in [0.15, 0.2) is 4.99 Å². The first-order valence-electron chi connectivity index (χ1n) is 8.26. The minimum atomic E-state index is 0.412. The molecule has 0 aromatic heterocycles. The van der Waals surface area contributed by atoms with Crippen molar-refractivity contribution in [2.45, 2.75) is 82.7 Å². The zero-order valence-corrected chi connectivity index (χ0v) is 13.1. The van der Waals surface area contributed by atoms with Gasteiger partial charge in [0, 0.05) is 11.3 Å². The molecule has 0 aromatic carbocycles. The van der Waals surface area contributed by atoms with E-state index in [0.29, 0.717) is 11.6 Å². The molecule has 3 aliphatic rings. The van der Waals surface area contributed by atoms with Gasteiger partial charge in [0.25, 0.3) is 0 Å². The van der Waals surface area contributed by atoms with Crippen molar-refractivity contribution in [3.63, 3.8) is 0 Å². The highest BCUT2D eigenvalue weighted by atomic mass is 32.2. The van der Waals surface area contributed by atoms with Crippen molar-refractivity contribution in [1.29, 1.82) is 0 Å².